The molecule has 0 aliphatic heterocycles. The molecule has 1 nitrogen and oxygen atoms in total. The molecule has 2 saturated carbocycles. The van der Waals surface area contributed by atoms with Crippen LogP contribution in [0.25, 0.3) is 10.8 Å². The van der Waals surface area contributed by atoms with Gasteiger partial charge in [0.05, 0.1) is 6.61 Å². The lowest BCUT2D eigenvalue weighted by atomic mass is 9.68. The van der Waals surface area contributed by atoms with Gasteiger partial charge >= 0.3 is 0 Å². The van der Waals surface area contributed by atoms with Gasteiger partial charge in [0.2, 0.25) is 0 Å². The first-order chi connectivity index (χ1) is 15.6. The van der Waals surface area contributed by atoms with Crippen LogP contribution in [0.4, 0.5) is 8.78 Å². The van der Waals surface area contributed by atoms with Gasteiger partial charge in [-0.25, -0.2) is 8.78 Å². The number of fused-ring (bicyclic) bond motifs is 1. The van der Waals surface area contributed by atoms with Crippen LogP contribution in [0.3, 0.4) is 0 Å². The first kappa shape index (κ1) is 23.5. The summed E-state index contributed by atoms with van der Waals surface area (Å²) < 4.78 is 35.0. The Morgan fingerprint density at radius 1 is 0.781 bits per heavy atom. The van der Waals surface area contributed by atoms with Crippen LogP contribution in [0.5, 0.6) is 5.75 Å². The first-order valence-electron chi connectivity index (χ1n) is 13.1. The molecular formula is C29H40F2O. The minimum absolute atomic E-state index is 0.311. The predicted octanol–water partition coefficient (Wildman–Crippen LogP) is 8.86. The third-order valence-corrected chi connectivity index (χ3v) is 8.34. The van der Waals surface area contributed by atoms with E-state index in [4.69, 9.17) is 4.74 Å². The molecule has 2 aliphatic carbocycles. The van der Waals surface area contributed by atoms with E-state index in [0.29, 0.717) is 35.6 Å². The summed E-state index contributed by atoms with van der Waals surface area (Å²) in [5.41, 5.74) is 0.524. The predicted molar refractivity (Wildman–Crippen MR) is 129 cm³/mol. The molecule has 0 unspecified atom stereocenters. The van der Waals surface area contributed by atoms with Crippen molar-refractivity contribution in [2.45, 2.75) is 90.9 Å². The Hall–Kier alpha value is -1.64. The normalized spacial score (nSPS) is 26.4. The summed E-state index contributed by atoms with van der Waals surface area (Å²) in [6, 6.07) is 7.12. The molecule has 2 fully saturated rings. The zero-order valence-corrected chi connectivity index (χ0v) is 20.0. The van der Waals surface area contributed by atoms with Crippen molar-refractivity contribution in [3.05, 3.63) is 41.5 Å². The van der Waals surface area contributed by atoms with E-state index in [0.717, 1.165) is 29.6 Å². The van der Waals surface area contributed by atoms with Crippen molar-refractivity contribution >= 4 is 10.8 Å². The molecule has 0 amide bonds. The zero-order valence-electron chi connectivity index (χ0n) is 20.0. The van der Waals surface area contributed by atoms with Crippen LogP contribution in [0.1, 0.15) is 90.0 Å². The van der Waals surface area contributed by atoms with Gasteiger partial charge in [0.25, 0.3) is 0 Å². The van der Waals surface area contributed by atoms with Crippen molar-refractivity contribution in [3.8, 4) is 5.75 Å². The van der Waals surface area contributed by atoms with Gasteiger partial charge in [0.1, 0.15) is 5.75 Å². The Bertz CT molecular complexity index is 876. The molecule has 2 aromatic carbocycles. The molecule has 0 spiro atoms. The first-order valence-corrected chi connectivity index (χ1v) is 13.1. The Morgan fingerprint density at radius 3 is 2.00 bits per heavy atom. The summed E-state index contributed by atoms with van der Waals surface area (Å²) in [6.45, 7) is 4.70. The van der Waals surface area contributed by atoms with Gasteiger partial charge in [-0.1, -0.05) is 51.5 Å². The van der Waals surface area contributed by atoms with E-state index in [1.807, 2.05) is 25.1 Å². The SMILES string of the molecule is CCCC1CCC(C2CCC(CCc3cc4ccc(OCC)cc4c(F)c3F)CC2)CC1. The number of hydrogen-bond acceptors (Lipinski definition) is 1. The van der Waals surface area contributed by atoms with Crippen LogP contribution < -0.4 is 4.74 Å². The third-order valence-electron chi connectivity index (χ3n) is 8.34. The fourth-order valence-electron chi connectivity index (χ4n) is 6.46. The lowest BCUT2D eigenvalue weighted by Crippen LogP contribution is -2.26. The lowest BCUT2D eigenvalue weighted by molar-refractivity contribution is 0.141. The van der Waals surface area contributed by atoms with Crippen LogP contribution in [-0.2, 0) is 6.42 Å². The minimum atomic E-state index is -0.735. The number of ether oxygens (including phenoxy) is 1. The molecule has 0 aromatic heterocycles. The molecule has 0 atom stereocenters. The molecule has 0 N–H and O–H groups in total. The topological polar surface area (TPSA) is 9.23 Å². The van der Waals surface area contributed by atoms with Crippen molar-refractivity contribution in [1.29, 1.82) is 0 Å². The molecule has 2 aromatic rings. The summed E-state index contributed by atoms with van der Waals surface area (Å²) in [5, 5.41) is 1.07. The second kappa shape index (κ2) is 11.0. The number of halogens is 2. The van der Waals surface area contributed by atoms with E-state index in [-0.39, 0.29) is 0 Å². The lowest BCUT2D eigenvalue weighted by Gasteiger charge is -2.38. The highest BCUT2D eigenvalue weighted by atomic mass is 19.2. The molecule has 32 heavy (non-hydrogen) atoms. The Labute approximate surface area is 192 Å². The van der Waals surface area contributed by atoms with E-state index in [9.17, 15) is 8.78 Å². The number of benzene rings is 2. The zero-order chi connectivity index (χ0) is 22.5. The molecule has 0 heterocycles. The van der Waals surface area contributed by atoms with Gasteiger partial charge in [-0.3, -0.25) is 0 Å². The Kier molecular flexibility index (Phi) is 8.07. The van der Waals surface area contributed by atoms with Crippen molar-refractivity contribution in [3.63, 3.8) is 0 Å². The van der Waals surface area contributed by atoms with Crippen molar-refractivity contribution < 1.29 is 13.5 Å². The molecule has 4 rings (SSSR count). The second-order valence-corrected chi connectivity index (χ2v) is 10.4. The maximum absolute atomic E-state index is 14.8. The van der Waals surface area contributed by atoms with Crippen molar-refractivity contribution in [2.75, 3.05) is 6.61 Å². The van der Waals surface area contributed by atoms with E-state index in [2.05, 4.69) is 6.92 Å². The fraction of sp³-hybridized carbons (Fsp3) is 0.655. The smallest absolute Gasteiger partial charge is 0.167 e. The number of hydrogen-bond donors (Lipinski definition) is 0. The van der Waals surface area contributed by atoms with Crippen LogP contribution in [0, 0.1) is 35.3 Å². The van der Waals surface area contributed by atoms with Gasteiger partial charge in [-0.05, 0) is 98.3 Å². The van der Waals surface area contributed by atoms with E-state index in [1.165, 1.54) is 64.2 Å². The van der Waals surface area contributed by atoms with Gasteiger partial charge in [0, 0.05) is 5.39 Å². The average Bonchev–Trinajstić information content (AvgIpc) is 2.82. The van der Waals surface area contributed by atoms with Crippen LogP contribution in [0.2, 0.25) is 0 Å². The Morgan fingerprint density at radius 2 is 1.41 bits per heavy atom. The molecular weight excluding hydrogens is 402 g/mol. The van der Waals surface area contributed by atoms with Gasteiger partial charge in [0.15, 0.2) is 11.6 Å². The summed E-state index contributed by atoms with van der Waals surface area (Å²) in [6.07, 6.45) is 15.3. The molecule has 176 valence electrons. The van der Waals surface area contributed by atoms with Crippen molar-refractivity contribution in [2.24, 2.45) is 23.7 Å². The third kappa shape index (κ3) is 5.46. The standard InChI is InChI=1S/C29H40F2O/c1-3-5-20-6-11-22(12-7-20)23-13-8-21(9-14-23)10-15-25-18-24-16-17-26(32-4-2)19-27(24)29(31)28(25)30/h16-23H,3-15H2,1-2H3. The summed E-state index contributed by atoms with van der Waals surface area (Å²) >= 11 is 0. The minimum Gasteiger partial charge on any atom is -0.494 e. The van der Waals surface area contributed by atoms with E-state index >= 15 is 0 Å². The Balaban J connectivity index is 1.30. The largest absolute Gasteiger partial charge is 0.494 e. The molecule has 3 heteroatoms. The average molecular weight is 443 g/mol. The van der Waals surface area contributed by atoms with E-state index < -0.39 is 11.6 Å². The summed E-state index contributed by atoms with van der Waals surface area (Å²) in [4.78, 5) is 0. The second-order valence-electron chi connectivity index (χ2n) is 10.4. The highest BCUT2D eigenvalue weighted by molar-refractivity contribution is 5.85. The van der Waals surface area contributed by atoms with Gasteiger partial charge in [-0.15, -0.1) is 0 Å². The number of rotatable bonds is 8. The van der Waals surface area contributed by atoms with Crippen LogP contribution >= 0.6 is 0 Å². The fourth-order valence-corrected chi connectivity index (χ4v) is 6.46. The maximum Gasteiger partial charge on any atom is 0.167 e. The highest BCUT2D eigenvalue weighted by Crippen LogP contribution is 2.43. The molecule has 2 aliphatic rings. The number of aryl methyl sites for hydroxylation is 1. The maximum atomic E-state index is 14.8. The van der Waals surface area contributed by atoms with Crippen LogP contribution in [-0.4, -0.2) is 6.61 Å². The monoisotopic (exact) mass is 442 g/mol. The molecule has 0 radical (unpaired) electrons. The summed E-state index contributed by atoms with van der Waals surface area (Å²) in [5.74, 6) is 2.66. The van der Waals surface area contributed by atoms with Crippen LogP contribution in [0.15, 0.2) is 24.3 Å². The van der Waals surface area contributed by atoms with E-state index in [1.54, 1.807) is 6.07 Å². The quantitative estimate of drug-likeness (QED) is 0.397. The highest BCUT2D eigenvalue weighted by Gasteiger charge is 2.30. The van der Waals surface area contributed by atoms with Crippen molar-refractivity contribution in [1.82, 2.24) is 0 Å². The molecule has 0 bridgehead atoms. The van der Waals surface area contributed by atoms with Gasteiger partial charge < -0.3 is 4.74 Å². The molecule has 0 saturated heterocycles. The van der Waals surface area contributed by atoms with Gasteiger partial charge in [-0.2, -0.15) is 0 Å². The summed E-state index contributed by atoms with van der Waals surface area (Å²) in [7, 11) is 0.